The zero-order chi connectivity index (χ0) is 18.1. The van der Waals surface area contributed by atoms with Gasteiger partial charge in [-0.15, -0.1) is 0 Å². The van der Waals surface area contributed by atoms with Crippen LogP contribution in [0.4, 0.5) is 5.69 Å². The van der Waals surface area contributed by atoms with E-state index in [0.29, 0.717) is 10.2 Å². The monoisotopic (exact) mass is 473 g/mol. The SMILES string of the molecule is COC(=O)C1=C(C(=O)OC)N(c2c(Br)cc(Br)c3[nH]ncc23)COC1. The standard InChI is InChI=1S/C15H13Br2N3O5/c1-23-14(21)8-5-25-6-20(13(8)15(22)24-2)12-7-4-18-19-11(7)9(16)3-10(12)17/h3-4H,5-6H2,1-2H3,(H,18,19). The van der Waals surface area contributed by atoms with E-state index >= 15 is 0 Å². The maximum absolute atomic E-state index is 12.4. The lowest BCUT2D eigenvalue weighted by Gasteiger charge is -2.32. The molecule has 0 fully saturated rings. The summed E-state index contributed by atoms with van der Waals surface area (Å²) < 4.78 is 16.6. The lowest BCUT2D eigenvalue weighted by molar-refractivity contribution is -0.140. The van der Waals surface area contributed by atoms with Gasteiger partial charge < -0.3 is 19.1 Å². The number of fused-ring (bicyclic) bond motifs is 1. The Morgan fingerprint density at radius 3 is 2.64 bits per heavy atom. The number of nitrogens with one attached hydrogen (secondary N) is 1. The van der Waals surface area contributed by atoms with Gasteiger partial charge in [0.05, 0.1) is 43.8 Å². The summed E-state index contributed by atoms with van der Waals surface area (Å²) in [7, 11) is 2.49. The first-order valence-corrected chi connectivity index (χ1v) is 8.64. The van der Waals surface area contributed by atoms with Gasteiger partial charge in [-0.1, -0.05) is 0 Å². The summed E-state index contributed by atoms with van der Waals surface area (Å²) >= 11 is 6.96. The summed E-state index contributed by atoms with van der Waals surface area (Å²) in [6, 6.07) is 1.82. The molecule has 0 aliphatic carbocycles. The van der Waals surface area contributed by atoms with Gasteiger partial charge in [0.25, 0.3) is 0 Å². The minimum atomic E-state index is -0.657. The van der Waals surface area contributed by atoms with Gasteiger partial charge in [-0.3, -0.25) is 5.10 Å². The molecule has 2 heterocycles. The minimum absolute atomic E-state index is 0.0454. The number of methoxy groups -OCH3 is 2. The number of carbonyl (C=O) groups is 2. The number of rotatable bonds is 3. The van der Waals surface area contributed by atoms with Crippen molar-refractivity contribution in [2.24, 2.45) is 0 Å². The van der Waals surface area contributed by atoms with Crippen molar-refractivity contribution in [3.8, 4) is 0 Å². The molecule has 0 bridgehead atoms. The van der Waals surface area contributed by atoms with Crippen LogP contribution in [0.3, 0.4) is 0 Å². The number of esters is 2. The number of halogens is 2. The van der Waals surface area contributed by atoms with Crippen LogP contribution in [0.15, 0.2) is 32.5 Å². The molecule has 0 amide bonds. The molecule has 0 saturated heterocycles. The van der Waals surface area contributed by atoms with Crippen LogP contribution in [-0.2, 0) is 23.8 Å². The highest BCUT2D eigenvalue weighted by molar-refractivity contribution is 9.11. The Labute approximate surface area is 159 Å². The topological polar surface area (TPSA) is 93.8 Å². The molecule has 25 heavy (non-hydrogen) atoms. The highest BCUT2D eigenvalue weighted by atomic mass is 79.9. The van der Waals surface area contributed by atoms with Crippen molar-refractivity contribution in [2.75, 3.05) is 32.5 Å². The van der Waals surface area contributed by atoms with Gasteiger partial charge in [-0.25, -0.2) is 9.59 Å². The summed E-state index contributed by atoms with van der Waals surface area (Å²) in [4.78, 5) is 26.1. The summed E-state index contributed by atoms with van der Waals surface area (Å²) in [5.41, 5.74) is 1.53. The number of anilines is 1. The number of H-pyrrole nitrogens is 1. The second kappa shape index (κ2) is 7.14. The number of aromatic amines is 1. The van der Waals surface area contributed by atoms with E-state index in [2.05, 4.69) is 42.1 Å². The summed E-state index contributed by atoms with van der Waals surface area (Å²) in [5, 5.41) is 7.67. The normalized spacial score (nSPS) is 14.8. The van der Waals surface area contributed by atoms with Crippen molar-refractivity contribution in [2.45, 2.75) is 0 Å². The zero-order valence-electron chi connectivity index (χ0n) is 13.3. The molecule has 1 aliphatic rings. The van der Waals surface area contributed by atoms with Crippen molar-refractivity contribution < 1.29 is 23.8 Å². The lowest BCUT2D eigenvalue weighted by atomic mass is 10.1. The Bertz CT molecular complexity index is 893. The molecule has 0 spiro atoms. The molecule has 2 aromatic rings. The van der Waals surface area contributed by atoms with Gasteiger partial charge in [-0.05, 0) is 37.9 Å². The molecule has 10 heteroatoms. The fourth-order valence-corrected chi connectivity index (χ4v) is 4.12. The summed E-state index contributed by atoms with van der Waals surface area (Å²) in [6.07, 6.45) is 1.63. The molecule has 0 atom stereocenters. The van der Waals surface area contributed by atoms with E-state index in [4.69, 9.17) is 14.2 Å². The van der Waals surface area contributed by atoms with Gasteiger partial charge in [0.2, 0.25) is 0 Å². The lowest BCUT2D eigenvalue weighted by Crippen LogP contribution is -2.39. The Kier molecular flexibility index (Phi) is 5.11. The van der Waals surface area contributed by atoms with Gasteiger partial charge in [0.15, 0.2) is 0 Å². The van der Waals surface area contributed by atoms with Crippen LogP contribution in [0.1, 0.15) is 0 Å². The first-order chi connectivity index (χ1) is 12.0. The number of carbonyl (C=O) groups excluding carboxylic acids is 2. The van der Waals surface area contributed by atoms with Crippen LogP contribution in [0.25, 0.3) is 10.9 Å². The Hall–Kier alpha value is -1.91. The van der Waals surface area contributed by atoms with Crippen LogP contribution < -0.4 is 4.90 Å². The highest BCUT2D eigenvalue weighted by Gasteiger charge is 2.34. The fourth-order valence-electron chi connectivity index (χ4n) is 2.62. The molecule has 1 N–H and O–H groups in total. The van der Waals surface area contributed by atoms with Crippen molar-refractivity contribution in [1.29, 1.82) is 0 Å². The van der Waals surface area contributed by atoms with Gasteiger partial charge in [-0.2, -0.15) is 5.10 Å². The largest absolute Gasteiger partial charge is 0.466 e. The van der Waals surface area contributed by atoms with Crippen LogP contribution in [0.2, 0.25) is 0 Å². The smallest absolute Gasteiger partial charge is 0.355 e. The van der Waals surface area contributed by atoms with Crippen LogP contribution in [0.5, 0.6) is 0 Å². The molecule has 3 rings (SSSR count). The average Bonchev–Trinajstić information content (AvgIpc) is 3.10. The quantitative estimate of drug-likeness (QED) is 0.683. The summed E-state index contributed by atoms with van der Waals surface area (Å²) in [6.45, 7) is 0.0156. The number of benzene rings is 1. The Balaban J connectivity index is 2.27. The van der Waals surface area contributed by atoms with Gasteiger partial charge in [0, 0.05) is 14.3 Å². The van der Waals surface area contributed by atoms with E-state index in [1.165, 1.54) is 14.2 Å². The maximum atomic E-state index is 12.4. The fraction of sp³-hybridized carbons (Fsp3) is 0.267. The van der Waals surface area contributed by atoms with E-state index in [1.807, 2.05) is 6.07 Å². The number of hydrogen-bond acceptors (Lipinski definition) is 7. The van der Waals surface area contributed by atoms with E-state index in [9.17, 15) is 9.59 Å². The highest BCUT2D eigenvalue weighted by Crippen LogP contribution is 2.40. The predicted octanol–water partition coefficient (Wildman–Crippen LogP) is 2.48. The zero-order valence-corrected chi connectivity index (χ0v) is 16.4. The van der Waals surface area contributed by atoms with E-state index in [0.717, 1.165) is 15.4 Å². The second-order valence-electron chi connectivity index (χ2n) is 5.06. The first-order valence-electron chi connectivity index (χ1n) is 7.05. The molecule has 8 nitrogen and oxygen atoms in total. The van der Waals surface area contributed by atoms with E-state index in [-0.39, 0.29) is 24.6 Å². The number of nitrogens with zero attached hydrogens (tertiary/aromatic N) is 2. The van der Waals surface area contributed by atoms with E-state index in [1.54, 1.807) is 11.1 Å². The minimum Gasteiger partial charge on any atom is -0.466 e. The van der Waals surface area contributed by atoms with Crippen molar-refractivity contribution in [1.82, 2.24) is 10.2 Å². The Morgan fingerprint density at radius 2 is 1.96 bits per heavy atom. The third kappa shape index (κ3) is 3.05. The average molecular weight is 475 g/mol. The molecule has 1 aromatic heterocycles. The van der Waals surface area contributed by atoms with Crippen molar-refractivity contribution in [3.05, 3.63) is 32.5 Å². The summed E-state index contributed by atoms with van der Waals surface area (Å²) in [5.74, 6) is -1.31. The molecular formula is C15H13Br2N3O5. The van der Waals surface area contributed by atoms with Crippen LogP contribution in [-0.4, -0.2) is 49.7 Å². The molecule has 1 aliphatic heterocycles. The predicted molar refractivity (Wildman–Crippen MR) is 95.8 cm³/mol. The second-order valence-corrected chi connectivity index (χ2v) is 6.77. The Morgan fingerprint density at radius 1 is 1.24 bits per heavy atom. The first kappa shape index (κ1) is 17.9. The van der Waals surface area contributed by atoms with Crippen LogP contribution >= 0.6 is 31.9 Å². The van der Waals surface area contributed by atoms with E-state index < -0.39 is 11.9 Å². The number of aromatic nitrogens is 2. The molecular weight excluding hydrogens is 462 g/mol. The molecule has 0 unspecified atom stereocenters. The molecule has 132 valence electrons. The van der Waals surface area contributed by atoms with Crippen LogP contribution in [0, 0.1) is 0 Å². The molecule has 1 aromatic carbocycles. The van der Waals surface area contributed by atoms with Gasteiger partial charge >= 0.3 is 11.9 Å². The number of hydrogen-bond donors (Lipinski definition) is 1. The molecule has 0 saturated carbocycles. The molecule has 0 radical (unpaired) electrons. The van der Waals surface area contributed by atoms with Crippen molar-refractivity contribution in [3.63, 3.8) is 0 Å². The maximum Gasteiger partial charge on any atom is 0.355 e. The third-order valence-corrected chi connectivity index (χ3v) is 4.95. The van der Waals surface area contributed by atoms with Crippen molar-refractivity contribution >= 4 is 60.4 Å². The third-order valence-electron chi connectivity index (χ3n) is 3.72. The number of ether oxygens (including phenoxy) is 3. The van der Waals surface area contributed by atoms with Gasteiger partial charge in [0.1, 0.15) is 12.4 Å².